The number of nitrogens with zero attached hydrogens (tertiary/aromatic N) is 2. The first-order valence-electron chi connectivity index (χ1n) is 9.20. The first-order valence-corrected chi connectivity index (χ1v) is 10.0. The Morgan fingerprint density at radius 2 is 2.03 bits per heavy atom. The van der Waals surface area contributed by atoms with Gasteiger partial charge in [-0.3, -0.25) is 4.79 Å². The highest BCUT2D eigenvalue weighted by molar-refractivity contribution is 7.16. The van der Waals surface area contributed by atoms with Gasteiger partial charge in [0.15, 0.2) is 10.6 Å². The zero-order valence-electron chi connectivity index (χ0n) is 16.5. The van der Waals surface area contributed by atoms with E-state index in [1.807, 2.05) is 26.0 Å². The van der Waals surface area contributed by atoms with Crippen molar-refractivity contribution in [2.45, 2.75) is 26.8 Å². The minimum absolute atomic E-state index is 0.0986. The molecule has 3 rings (SSSR count). The van der Waals surface area contributed by atoms with Crippen molar-refractivity contribution >= 4 is 27.5 Å². The van der Waals surface area contributed by atoms with E-state index < -0.39 is 11.6 Å². The van der Waals surface area contributed by atoms with E-state index in [2.05, 4.69) is 4.99 Å². The van der Waals surface area contributed by atoms with Crippen molar-refractivity contribution in [2.75, 3.05) is 20.3 Å². The summed E-state index contributed by atoms with van der Waals surface area (Å²) in [4.78, 5) is 17.1. The van der Waals surface area contributed by atoms with Gasteiger partial charge in [0.1, 0.15) is 11.6 Å². The number of carbonyl (C=O) groups is 1. The second-order valence-electron chi connectivity index (χ2n) is 6.45. The zero-order valence-corrected chi connectivity index (χ0v) is 17.3. The molecule has 0 aliphatic carbocycles. The standard InChI is InChI=1S/C21H22F2N2O3S/c1-4-28-8-7-25-20-16(23)11-15(22)12-18(20)29-21(25)24-19(26)10-14-5-6-17(27-3)13(2)9-14/h5-6,9,11-12H,4,7-8,10H2,1-3H3. The fourth-order valence-electron chi connectivity index (χ4n) is 3.09. The SMILES string of the molecule is CCOCCn1c(=NC(=O)Cc2ccc(OC)c(C)c2)sc2cc(F)cc(F)c21. The number of methoxy groups -OCH3 is 1. The second-order valence-corrected chi connectivity index (χ2v) is 7.46. The molecule has 2 aromatic carbocycles. The summed E-state index contributed by atoms with van der Waals surface area (Å²) in [7, 11) is 1.59. The third kappa shape index (κ3) is 4.89. The molecule has 0 spiro atoms. The van der Waals surface area contributed by atoms with Crippen LogP contribution in [0.4, 0.5) is 8.78 Å². The Kier molecular flexibility index (Phi) is 6.76. The Morgan fingerprint density at radius 3 is 2.72 bits per heavy atom. The molecule has 0 unspecified atom stereocenters. The van der Waals surface area contributed by atoms with Crippen molar-refractivity contribution in [1.29, 1.82) is 0 Å². The van der Waals surface area contributed by atoms with Crippen LogP contribution < -0.4 is 9.54 Å². The molecule has 1 aromatic heterocycles. The summed E-state index contributed by atoms with van der Waals surface area (Å²) in [5.74, 6) is -0.978. The molecule has 0 aliphatic heterocycles. The van der Waals surface area contributed by atoms with Crippen LogP contribution in [-0.2, 0) is 22.5 Å². The summed E-state index contributed by atoms with van der Waals surface area (Å²) in [6.07, 6.45) is 0.0986. The highest BCUT2D eigenvalue weighted by Crippen LogP contribution is 2.23. The maximum absolute atomic E-state index is 14.4. The van der Waals surface area contributed by atoms with Crippen molar-refractivity contribution in [3.05, 3.63) is 57.9 Å². The number of hydrogen-bond acceptors (Lipinski definition) is 4. The number of thiazole rings is 1. The molecule has 5 nitrogen and oxygen atoms in total. The number of carbonyl (C=O) groups excluding carboxylic acids is 1. The highest BCUT2D eigenvalue weighted by Gasteiger charge is 2.14. The molecule has 1 heterocycles. The van der Waals surface area contributed by atoms with Crippen molar-refractivity contribution in [1.82, 2.24) is 4.57 Å². The molecule has 3 aromatic rings. The van der Waals surface area contributed by atoms with Gasteiger partial charge in [-0.15, -0.1) is 0 Å². The number of hydrogen-bond donors (Lipinski definition) is 0. The highest BCUT2D eigenvalue weighted by atomic mass is 32.1. The van der Waals surface area contributed by atoms with Crippen LogP contribution in [-0.4, -0.2) is 30.8 Å². The van der Waals surface area contributed by atoms with Crippen LogP contribution >= 0.6 is 11.3 Å². The van der Waals surface area contributed by atoms with Gasteiger partial charge in [-0.05, 0) is 37.1 Å². The number of aromatic nitrogens is 1. The van der Waals surface area contributed by atoms with Gasteiger partial charge in [0, 0.05) is 19.2 Å². The molecule has 0 saturated carbocycles. The molecular weight excluding hydrogens is 398 g/mol. The van der Waals surface area contributed by atoms with Gasteiger partial charge >= 0.3 is 0 Å². The topological polar surface area (TPSA) is 52.8 Å². The van der Waals surface area contributed by atoms with Crippen LogP contribution in [0, 0.1) is 18.6 Å². The van der Waals surface area contributed by atoms with Crippen LogP contribution in [0.3, 0.4) is 0 Å². The van der Waals surface area contributed by atoms with Crippen LogP contribution in [0.1, 0.15) is 18.1 Å². The summed E-state index contributed by atoms with van der Waals surface area (Å²) in [6, 6.07) is 7.56. The normalized spacial score (nSPS) is 12.0. The molecule has 0 fully saturated rings. The lowest BCUT2D eigenvalue weighted by Gasteiger charge is -2.07. The van der Waals surface area contributed by atoms with E-state index in [0.717, 1.165) is 34.3 Å². The monoisotopic (exact) mass is 420 g/mol. The summed E-state index contributed by atoms with van der Waals surface area (Å²) < 4.78 is 40.6. The summed E-state index contributed by atoms with van der Waals surface area (Å²) in [5, 5.41) is 0. The fraction of sp³-hybridized carbons (Fsp3) is 0.333. The maximum Gasteiger partial charge on any atom is 0.252 e. The van der Waals surface area contributed by atoms with Gasteiger partial charge in [-0.25, -0.2) is 8.78 Å². The maximum atomic E-state index is 14.4. The van der Waals surface area contributed by atoms with Crippen molar-refractivity contribution in [2.24, 2.45) is 4.99 Å². The fourth-order valence-corrected chi connectivity index (χ4v) is 4.21. The number of aryl methyl sites for hydroxylation is 1. The van der Waals surface area contributed by atoms with Gasteiger partial charge in [0.05, 0.1) is 30.4 Å². The summed E-state index contributed by atoms with van der Waals surface area (Å²) in [5.41, 5.74) is 1.95. The van der Waals surface area contributed by atoms with Gasteiger partial charge in [0.25, 0.3) is 5.91 Å². The predicted octanol–water partition coefficient (Wildman–Crippen LogP) is 4.00. The van der Waals surface area contributed by atoms with E-state index in [-0.39, 0.29) is 17.8 Å². The van der Waals surface area contributed by atoms with Crippen molar-refractivity contribution in [3.8, 4) is 5.75 Å². The first-order chi connectivity index (χ1) is 13.9. The van der Waals surface area contributed by atoms with Gasteiger partial charge in [-0.2, -0.15) is 4.99 Å². The Labute approximate surface area is 171 Å². The molecule has 1 amide bonds. The van der Waals surface area contributed by atoms with E-state index in [1.54, 1.807) is 17.7 Å². The first kappa shape index (κ1) is 21.1. The van der Waals surface area contributed by atoms with Crippen LogP contribution in [0.5, 0.6) is 5.75 Å². The number of amides is 1. The third-order valence-corrected chi connectivity index (χ3v) is 5.42. The molecule has 0 bridgehead atoms. The molecular formula is C21H22F2N2O3S. The quantitative estimate of drug-likeness (QED) is 0.543. The zero-order chi connectivity index (χ0) is 21.0. The van der Waals surface area contributed by atoms with E-state index in [1.165, 1.54) is 6.07 Å². The number of fused-ring (bicyclic) bond motifs is 1. The Balaban J connectivity index is 1.97. The Morgan fingerprint density at radius 1 is 1.24 bits per heavy atom. The predicted molar refractivity (Wildman–Crippen MR) is 108 cm³/mol. The second kappa shape index (κ2) is 9.28. The van der Waals surface area contributed by atoms with Crippen LogP contribution in [0.15, 0.2) is 35.3 Å². The molecule has 29 heavy (non-hydrogen) atoms. The van der Waals surface area contributed by atoms with E-state index in [0.29, 0.717) is 29.3 Å². The average Bonchev–Trinajstić information content (AvgIpc) is 2.99. The van der Waals surface area contributed by atoms with E-state index >= 15 is 0 Å². The van der Waals surface area contributed by atoms with Crippen molar-refractivity contribution < 1.29 is 23.0 Å². The van der Waals surface area contributed by atoms with E-state index in [9.17, 15) is 13.6 Å². The Hall–Kier alpha value is -2.58. The van der Waals surface area contributed by atoms with Gasteiger partial charge in [0.2, 0.25) is 0 Å². The molecule has 0 aliphatic rings. The van der Waals surface area contributed by atoms with Crippen LogP contribution in [0.25, 0.3) is 10.2 Å². The molecule has 0 atom stereocenters. The minimum atomic E-state index is -0.688. The summed E-state index contributed by atoms with van der Waals surface area (Å²) >= 11 is 1.08. The van der Waals surface area contributed by atoms with E-state index in [4.69, 9.17) is 9.47 Å². The smallest absolute Gasteiger partial charge is 0.252 e. The van der Waals surface area contributed by atoms with Crippen molar-refractivity contribution in [3.63, 3.8) is 0 Å². The summed E-state index contributed by atoms with van der Waals surface area (Å²) in [6.45, 7) is 4.91. The Bertz CT molecular complexity index is 1110. The lowest BCUT2D eigenvalue weighted by atomic mass is 10.1. The van der Waals surface area contributed by atoms with Crippen LogP contribution in [0.2, 0.25) is 0 Å². The molecule has 154 valence electrons. The average molecular weight is 420 g/mol. The number of benzene rings is 2. The minimum Gasteiger partial charge on any atom is -0.496 e. The number of halogens is 2. The lowest BCUT2D eigenvalue weighted by molar-refractivity contribution is -0.117. The molecule has 8 heteroatoms. The molecule has 0 radical (unpaired) electrons. The molecule has 0 saturated heterocycles. The number of rotatable bonds is 7. The molecule has 0 N–H and O–H groups in total. The third-order valence-electron chi connectivity index (χ3n) is 4.39. The largest absolute Gasteiger partial charge is 0.496 e. The van der Waals surface area contributed by atoms with Gasteiger partial charge in [-0.1, -0.05) is 23.5 Å². The number of ether oxygens (including phenoxy) is 2. The lowest BCUT2D eigenvalue weighted by Crippen LogP contribution is -2.20. The van der Waals surface area contributed by atoms with Gasteiger partial charge < -0.3 is 14.0 Å².